The molecule has 1 aromatic heterocycles. The molecule has 0 fully saturated rings. The second kappa shape index (κ2) is 6.88. The number of aliphatic hydroxyl groups excluding tert-OH is 1. The van der Waals surface area contributed by atoms with Crippen molar-refractivity contribution in [3.8, 4) is 0 Å². The number of amides is 1. The zero-order valence-corrected chi connectivity index (χ0v) is 13.0. The van der Waals surface area contributed by atoms with E-state index in [-0.39, 0.29) is 11.3 Å². The molecule has 0 aliphatic rings. The summed E-state index contributed by atoms with van der Waals surface area (Å²) in [6, 6.07) is 8.36. The molecule has 0 saturated heterocycles. The third kappa shape index (κ3) is 4.02. The number of rotatable bonds is 4. The summed E-state index contributed by atoms with van der Waals surface area (Å²) in [5.41, 5.74) is -0.336. The van der Waals surface area contributed by atoms with Gasteiger partial charge in [0.25, 0.3) is 5.91 Å². The number of alkyl halides is 3. The van der Waals surface area contributed by atoms with Crippen molar-refractivity contribution in [2.24, 2.45) is 0 Å². The van der Waals surface area contributed by atoms with Gasteiger partial charge in [0.2, 0.25) is 0 Å². The molecule has 24 heavy (non-hydrogen) atoms. The van der Waals surface area contributed by atoms with Gasteiger partial charge in [-0.1, -0.05) is 18.2 Å². The molecular weight excluding hydrogens is 323 g/mol. The lowest BCUT2D eigenvalue weighted by molar-refractivity contribution is -0.206. The van der Waals surface area contributed by atoms with Gasteiger partial charge in [0.15, 0.2) is 6.10 Å². The normalized spacial score (nSPS) is 12.6. The molecule has 0 spiro atoms. The molecule has 1 heterocycles. The summed E-state index contributed by atoms with van der Waals surface area (Å²) in [6.45, 7) is 0. The fourth-order valence-corrected chi connectivity index (χ4v) is 2.01. The first-order valence-corrected chi connectivity index (χ1v) is 6.98. The van der Waals surface area contributed by atoms with Gasteiger partial charge in [-0.05, 0) is 18.2 Å². The van der Waals surface area contributed by atoms with E-state index in [0.717, 1.165) is 6.07 Å². The molecule has 0 aliphatic carbocycles. The SMILES string of the molecule is CN(C)c1ccc(C(=O)Nc2ccccc2C(O)C(F)(F)F)cn1. The van der Waals surface area contributed by atoms with E-state index < -0.39 is 23.8 Å². The Morgan fingerprint density at radius 2 is 1.88 bits per heavy atom. The topological polar surface area (TPSA) is 65.5 Å². The van der Waals surface area contributed by atoms with Crippen LogP contribution in [-0.4, -0.2) is 36.3 Å². The van der Waals surface area contributed by atoms with Crippen molar-refractivity contribution < 1.29 is 23.1 Å². The summed E-state index contributed by atoms with van der Waals surface area (Å²) in [4.78, 5) is 18.0. The van der Waals surface area contributed by atoms with Gasteiger partial charge >= 0.3 is 6.18 Å². The van der Waals surface area contributed by atoms with Gasteiger partial charge in [-0.15, -0.1) is 0 Å². The number of halogens is 3. The van der Waals surface area contributed by atoms with Crippen molar-refractivity contribution in [3.63, 3.8) is 0 Å². The largest absolute Gasteiger partial charge is 0.418 e. The molecule has 1 unspecified atom stereocenters. The van der Waals surface area contributed by atoms with Crippen LogP contribution in [0.25, 0.3) is 0 Å². The van der Waals surface area contributed by atoms with Crippen LogP contribution in [-0.2, 0) is 0 Å². The Balaban J connectivity index is 2.23. The number of aromatic nitrogens is 1. The number of hydrogen-bond donors (Lipinski definition) is 2. The van der Waals surface area contributed by atoms with Gasteiger partial charge in [-0.3, -0.25) is 4.79 Å². The molecule has 2 N–H and O–H groups in total. The van der Waals surface area contributed by atoms with Gasteiger partial charge in [0, 0.05) is 31.5 Å². The number of hydrogen-bond acceptors (Lipinski definition) is 4. The van der Waals surface area contributed by atoms with Crippen molar-refractivity contribution in [1.29, 1.82) is 0 Å². The van der Waals surface area contributed by atoms with Crippen LogP contribution < -0.4 is 10.2 Å². The number of aliphatic hydroxyl groups is 1. The van der Waals surface area contributed by atoms with Gasteiger partial charge in [0.05, 0.1) is 5.56 Å². The average molecular weight is 339 g/mol. The number of carbonyl (C=O) groups is 1. The summed E-state index contributed by atoms with van der Waals surface area (Å²) in [7, 11) is 3.58. The Morgan fingerprint density at radius 1 is 1.21 bits per heavy atom. The van der Waals surface area contributed by atoms with E-state index >= 15 is 0 Å². The molecule has 2 rings (SSSR count). The molecule has 128 valence electrons. The van der Waals surface area contributed by atoms with Gasteiger partial charge in [-0.25, -0.2) is 4.98 Å². The molecule has 0 aliphatic heterocycles. The summed E-state index contributed by atoms with van der Waals surface area (Å²) in [5.74, 6) is 0.0223. The predicted octanol–water partition coefficient (Wildman–Crippen LogP) is 3.00. The maximum Gasteiger partial charge on any atom is 0.418 e. The third-order valence-electron chi connectivity index (χ3n) is 3.28. The van der Waals surface area contributed by atoms with E-state index in [1.54, 1.807) is 25.1 Å². The molecule has 0 saturated carbocycles. The van der Waals surface area contributed by atoms with E-state index in [1.807, 2.05) is 0 Å². The summed E-state index contributed by atoms with van der Waals surface area (Å²) >= 11 is 0. The summed E-state index contributed by atoms with van der Waals surface area (Å²) in [5, 5.41) is 11.8. The lowest BCUT2D eigenvalue weighted by Crippen LogP contribution is -2.22. The first-order valence-electron chi connectivity index (χ1n) is 6.98. The molecule has 1 amide bonds. The molecule has 0 bridgehead atoms. The van der Waals surface area contributed by atoms with Gasteiger partial charge in [-0.2, -0.15) is 13.2 Å². The smallest absolute Gasteiger partial charge is 0.379 e. The fraction of sp³-hybridized carbons (Fsp3) is 0.250. The minimum atomic E-state index is -4.82. The van der Waals surface area contributed by atoms with Crippen molar-refractivity contribution in [2.45, 2.75) is 12.3 Å². The molecule has 5 nitrogen and oxygen atoms in total. The lowest BCUT2D eigenvalue weighted by atomic mass is 10.1. The molecular formula is C16H16F3N3O2. The fourth-order valence-electron chi connectivity index (χ4n) is 2.01. The summed E-state index contributed by atoms with van der Waals surface area (Å²) < 4.78 is 38.2. The van der Waals surface area contributed by atoms with Crippen LogP contribution in [0, 0.1) is 0 Å². The zero-order chi connectivity index (χ0) is 17.9. The second-order valence-corrected chi connectivity index (χ2v) is 5.29. The predicted molar refractivity (Wildman–Crippen MR) is 84.0 cm³/mol. The van der Waals surface area contributed by atoms with E-state index in [0.29, 0.717) is 5.82 Å². The van der Waals surface area contributed by atoms with E-state index in [4.69, 9.17) is 0 Å². The molecule has 8 heteroatoms. The van der Waals surface area contributed by atoms with Crippen LogP contribution in [0.3, 0.4) is 0 Å². The van der Waals surface area contributed by atoms with Crippen molar-refractivity contribution >= 4 is 17.4 Å². The minimum Gasteiger partial charge on any atom is -0.379 e. The molecule has 1 atom stereocenters. The lowest BCUT2D eigenvalue weighted by Gasteiger charge is -2.18. The standard InChI is InChI=1S/C16H16F3N3O2/c1-22(2)13-8-7-10(9-20-13)15(24)21-12-6-4-3-5-11(12)14(23)16(17,18)19/h3-9,14,23H,1-2H3,(H,21,24). The number of carbonyl (C=O) groups excluding carboxylic acids is 1. The number of para-hydroxylation sites is 1. The highest BCUT2D eigenvalue weighted by atomic mass is 19.4. The maximum absolute atomic E-state index is 12.7. The number of benzene rings is 1. The Labute approximate surface area is 136 Å². The first-order chi connectivity index (χ1) is 11.2. The van der Waals surface area contributed by atoms with Gasteiger partial charge < -0.3 is 15.3 Å². The van der Waals surface area contributed by atoms with Gasteiger partial charge in [0.1, 0.15) is 5.82 Å². The van der Waals surface area contributed by atoms with E-state index in [9.17, 15) is 23.1 Å². The molecule has 2 aromatic rings. The first kappa shape index (κ1) is 17.7. The molecule has 0 radical (unpaired) electrons. The monoisotopic (exact) mass is 339 g/mol. The van der Waals surface area contributed by atoms with Crippen molar-refractivity contribution in [3.05, 3.63) is 53.7 Å². The highest BCUT2D eigenvalue weighted by molar-refractivity contribution is 6.04. The van der Waals surface area contributed by atoms with Crippen LogP contribution >= 0.6 is 0 Å². The number of nitrogens with zero attached hydrogens (tertiary/aromatic N) is 2. The van der Waals surface area contributed by atoms with E-state index in [1.165, 1.54) is 30.5 Å². The van der Waals surface area contributed by atoms with Crippen LogP contribution in [0.2, 0.25) is 0 Å². The number of pyridine rings is 1. The quantitative estimate of drug-likeness (QED) is 0.899. The maximum atomic E-state index is 12.7. The van der Waals surface area contributed by atoms with Crippen molar-refractivity contribution in [2.75, 3.05) is 24.3 Å². The Bertz CT molecular complexity index is 715. The second-order valence-electron chi connectivity index (χ2n) is 5.29. The van der Waals surface area contributed by atoms with E-state index in [2.05, 4.69) is 10.3 Å². The zero-order valence-electron chi connectivity index (χ0n) is 13.0. The third-order valence-corrected chi connectivity index (χ3v) is 3.28. The van der Waals surface area contributed by atoms with Crippen LogP contribution in [0.4, 0.5) is 24.7 Å². The van der Waals surface area contributed by atoms with Crippen LogP contribution in [0.1, 0.15) is 22.0 Å². The molecule has 1 aromatic carbocycles. The number of anilines is 2. The average Bonchev–Trinajstić information content (AvgIpc) is 2.54. The van der Waals surface area contributed by atoms with Crippen LogP contribution in [0.15, 0.2) is 42.6 Å². The highest BCUT2D eigenvalue weighted by Gasteiger charge is 2.40. The minimum absolute atomic E-state index is 0.107. The number of nitrogens with one attached hydrogen (secondary N) is 1. The summed E-state index contributed by atoms with van der Waals surface area (Å²) in [6.07, 6.45) is -6.17. The Hall–Kier alpha value is -2.61. The Kier molecular flexibility index (Phi) is 5.08. The Morgan fingerprint density at radius 3 is 2.42 bits per heavy atom. The van der Waals surface area contributed by atoms with Crippen LogP contribution in [0.5, 0.6) is 0 Å². The van der Waals surface area contributed by atoms with Crippen molar-refractivity contribution in [1.82, 2.24) is 4.98 Å². The highest BCUT2D eigenvalue weighted by Crippen LogP contribution is 2.36.